The van der Waals surface area contributed by atoms with Gasteiger partial charge in [0.1, 0.15) is 5.92 Å². The number of methoxy groups -OCH3 is 1. The van der Waals surface area contributed by atoms with E-state index in [-0.39, 0.29) is 12.5 Å². The van der Waals surface area contributed by atoms with E-state index >= 15 is 0 Å². The van der Waals surface area contributed by atoms with E-state index in [4.69, 9.17) is 14.5 Å². The van der Waals surface area contributed by atoms with E-state index in [2.05, 4.69) is 5.32 Å². The molecule has 1 amide bonds. The molecular formula is C29H29N3O5. The van der Waals surface area contributed by atoms with Crippen LogP contribution >= 0.6 is 0 Å². The molecular weight excluding hydrogens is 470 g/mol. The van der Waals surface area contributed by atoms with Crippen LogP contribution in [0.1, 0.15) is 50.2 Å². The highest BCUT2D eigenvalue weighted by atomic mass is 16.5. The fraction of sp³-hybridized carbons (Fsp3) is 0.241. The van der Waals surface area contributed by atoms with Crippen LogP contribution in [0, 0.1) is 0 Å². The average molecular weight is 500 g/mol. The van der Waals surface area contributed by atoms with Gasteiger partial charge in [0.15, 0.2) is 0 Å². The van der Waals surface area contributed by atoms with Gasteiger partial charge in [0.05, 0.1) is 36.2 Å². The average Bonchev–Trinajstić information content (AvgIpc) is 3.22. The van der Waals surface area contributed by atoms with Crippen molar-refractivity contribution in [3.8, 4) is 0 Å². The van der Waals surface area contributed by atoms with Crippen molar-refractivity contribution >= 4 is 34.9 Å². The lowest BCUT2D eigenvalue weighted by atomic mass is 9.90. The maximum atomic E-state index is 13.2. The van der Waals surface area contributed by atoms with Crippen LogP contribution in [0.4, 0.5) is 11.4 Å². The van der Waals surface area contributed by atoms with E-state index in [0.29, 0.717) is 40.3 Å². The Morgan fingerprint density at radius 2 is 1.73 bits per heavy atom. The maximum absolute atomic E-state index is 13.2. The number of fused-ring (bicyclic) bond motifs is 1. The summed E-state index contributed by atoms with van der Waals surface area (Å²) in [5.74, 6) is -1.87. The summed E-state index contributed by atoms with van der Waals surface area (Å²) in [5, 5.41) is 2.87. The largest absolute Gasteiger partial charge is 0.465 e. The number of carbonyl (C=O) groups is 3. The third kappa shape index (κ3) is 5.59. The molecule has 0 saturated heterocycles. The van der Waals surface area contributed by atoms with Crippen molar-refractivity contribution in [3.05, 3.63) is 94.5 Å². The van der Waals surface area contributed by atoms with Gasteiger partial charge in [-0.05, 0) is 62.0 Å². The number of esters is 2. The minimum absolute atomic E-state index is 0.255. The van der Waals surface area contributed by atoms with Gasteiger partial charge in [-0.3, -0.25) is 9.79 Å². The molecule has 0 radical (unpaired) electrons. The number of hydrogen-bond donors (Lipinski definition) is 1. The molecule has 1 heterocycles. The number of carbonyl (C=O) groups excluding carboxylic acids is 3. The summed E-state index contributed by atoms with van der Waals surface area (Å²) in [6, 6.07) is 19.8. The van der Waals surface area contributed by atoms with Gasteiger partial charge in [-0.1, -0.05) is 42.5 Å². The van der Waals surface area contributed by atoms with Gasteiger partial charge in [-0.15, -0.1) is 0 Å². The van der Waals surface area contributed by atoms with Crippen molar-refractivity contribution in [1.29, 1.82) is 0 Å². The molecule has 3 aromatic rings. The highest BCUT2D eigenvalue weighted by molar-refractivity contribution is 6.24. The zero-order valence-corrected chi connectivity index (χ0v) is 21.3. The molecule has 3 aromatic carbocycles. The number of anilines is 1. The molecule has 1 aliphatic heterocycles. The number of amides is 1. The number of nitrogens with zero attached hydrogens (tertiary/aromatic N) is 2. The summed E-state index contributed by atoms with van der Waals surface area (Å²) in [4.78, 5) is 44.9. The number of ether oxygens (including phenoxy) is 2. The molecule has 190 valence electrons. The second-order valence-corrected chi connectivity index (χ2v) is 8.88. The molecule has 0 spiro atoms. The van der Waals surface area contributed by atoms with E-state index in [9.17, 15) is 14.4 Å². The molecule has 1 N–H and O–H groups in total. The first-order valence-corrected chi connectivity index (χ1v) is 11.9. The van der Waals surface area contributed by atoms with Gasteiger partial charge >= 0.3 is 11.9 Å². The summed E-state index contributed by atoms with van der Waals surface area (Å²) < 4.78 is 10.1. The van der Waals surface area contributed by atoms with Crippen molar-refractivity contribution in [2.24, 2.45) is 4.99 Å². The van der Waals surface area contributed by atoms with Gasteiger partial charge in [0, 0.05) is 12.2 Å². The topological polar surface area (TPSA) is 97.3 Å². The second-order valence-electron chi connectivity index (χ2n) is 8.88. The Hall–Kier alpha value is -4.30. The molecule has 37 heavy (non-hydrogen) atoms. The van der Waals surface area contributed by atoms with Crippen molar-refractivity contribution in [1.82, 2.24) is 4.90 Å². The van der Waals surface area contributed by atoms with Gasteiger partial charge in [-0.25, -0.2) is 9.59 Å². The lowest BCUT2D eigenvalue weighted by molar-refractivity contribution is -0.115. The first-order chi connectivity index (χ1) is 17.8. The predicted octanol–water partition coefficient (Wildman–Crippen LogP) is 4.57. The van der Waals surface area contributed by atoms with Gasteiger partial charge in [-0.2, -0.15) is 0 Å². The molecule has 0 aromatic heterocycles. The summed E-state index contributed by atoms with van der Waals surface area (Å²) in [5.41, 5.74) is 4.66. The van der Waals surface area contributed by atoms with Crippen LogP contribution in [-0.2, 0) is 20.8 Å². The number of nitrogens with one attached hydrogen (secondary N) is 1. The molecule has 1 aliphatic rings. The van der Waals surface area contributed by atoms with Crippen LogP contribution in [0.3, 0.4) is 0 Å². The fourth-order valence-corrected chi connectivity index (χ4v) is 4.33. The monoisotopic (exact) mass is 499 g/mol. The lowest BCUT2D eigenvalue weighted by Gasteiger charge is -2.16. The van der Waals surface area contributed by atoms with Crippen LogP contribution in [0.25, 0.3) is 0 Å². The normalized spacial score (nSPS) is 14.8. The minimum atomic E-state index is -0.711. The Balaban J connectivity index is 1.84. The number of hydrogen-bond acceptors (Lipinski definition) is 7. The summed E-state index contributed by atoms with van der Waals surface area (Å²) >= 11 is 0. The summed E-state index contributed by atoms with van der Waals surface area (Å²) in [6.45, 7) is 2.58. The van der Waals surface area contributed by atoms with Crippen LogP contribution < -0.4 is 5.32 Å². The van der Waals surface area contributed by atoms with E-state index in [0.717, 1.165) is 11.1 Å². The summed E-state index contributed by atoms with van der Waals surface area (Å²) in [7, 11) is 5.16. The van der Waals surface area contributed by atoms with E-state index in [1.54, 1.807) is 31.2 Å². The third-order valence-electron chi connectivity index (χ3n) is 5.97. The minimum Gasteiger partial charge on any atom is -0.465 e. The van der Waals surface area contributed by atoms with Gasteiger partial charge < -0.3 is 19.7 Å². The van der Waals surface area contributed by atoms with Gasteiger partial charge in [0.25, 0.3) is 0 Å². The van der Waals surface area contributed by atoms with Crippen molar-refractivity contribution in [2.45, 2.75) is 19.4 Å². The Bertz CT molecular complexity index is 1370. The van der Waals surface area contributed by atoms with Crippen molar-refractivity contribution < 1.29 is 23.9 Å². The van der Waals surface area contributed by atoms with Crippen molar-refractivity contribution in [3.63, 3.8) is 0 Å². The van der Waals surface area contributed by atoms with Crippen LogP contribution in [0.15, 0.2) is 71.7 Å². The first kappa shape index (κ1) is 25.8. The van der Waals surface area contributed by atoms with Crippen LogP contribution in [0.2, 0.25) is 0 Å². The standard InChI is InChI=1S/C29H29N3O5/c1-5-37-29(35)23-16-21(13-11-20(23)17-32(2)3)30-26(18-9-7-6-8-10-18)25-22-14-12-19(28(34)36-4)15-24(22)31-27(25)33/h6-16,25H,5,17H2,1-4H3,(H,31,33). The molecule has 0 aliphatic carbocycles. The molecule has 4 rings (SSSR count). The zero-order valence-electron chi connectivity index (χ0n) is 21.3. The van der Waals surface area contributed by atoms with Crippen LogP contribution in [0.5, 0.6) is 0 Å². The number of aliphatic imine (C=N–C) groups is 1. The maximum Gasteiger partial charge on any atom is 0.338 e. The Morgan fingerprint density at radius 3 is 2.41 bits per heavy atom. The Morgan fingerprint density at radius 1 is 0.973 bits per heavy atom. The Labute approximate surface area is 215 Å². The highest BCUT2D eigenvalue weighted by Gasteiger charge is 2.36. The van der Waals surface area contributed by atoms with Gasteiger partial charge in [0.2, 0.25) is 5.91 Å². The molecule has 1 unspecified atom stereocenters. The quantitative estimate of drug-likeness (QED) is 0.360. The fourth-order valence-electron chi connectivity index (χ4n) is 4.33. The number of benzene rings is 3. The highest BCUT2D eigenvalue weighted by Crippen LogP contribution is 2.37. The first-order valence-electron chi connectivity index (χ1n) is 11.9. The lowest BCUT2D eigenvalue weighted by Crippen LogP contribution is -2.22. The SMILES string of the molecule is CCOC(=O)c1cc(N=C(c2ccccc2)C2C(=O)Nc3cc(C(=O)OC)ccc32)ccc1CN(C)C. The second kappa shape index (κ2) is 11.2. The number of rotatable bonds is 8. The van der Waals surface area contributed by atoms with Crippen molar-refractivity contribution in [2.75, 3.05) is 33.1 Å². The van der Waals surface area contributed by atoms with E-state index in [1.165, 1.54) is 7.11 Å². The zero-order chi connectivity index (χ0) is 26.5. The smallest absolute Gasteiger partial charge is 0.338 e. The van der Waals surface area contributed by atoms with E-state index in [1.807, 2.05) is 61.5 Å². The predicted molar refractivity (Wildman–Crippen MR) is 142 cm³/mol. The third-order valence-corrected chi connectivity index (χ3v) is 5.97. The molecule has 0 bridgehead atoms. The Kier molecular flexibility index (Phi) is 7.79. The molecule has 8 nitrogen and oxygen atoms in total. The van der Waals surface area contributed by atoms with E-state index < -0.39 is 17.9 Å². The molecule has 8 heteroatoms. The molecule has 0 fully saturated rings. The van der Waals surface area contributed by atoms with Crippen LogP contribution in [-0.4, -0.2) is 56.3 Å². The molecule has 0 saturated carbocycles. The molecule has 1 atom stereocenters. The summed E-state index contributed by atoms with van der Waals surface area (Å²) in [6.07, 6.45) is 0.